The lowest BCUT2D eigenvalue weighted by atomic mass is 10.1. The lowest BCUT2D eigenvalue weighted by molar-refractivity contribution is 0.0949. The number of rotatable bonds is 7. The van der Waals surface area contributed by atoms with Crippen LogP contribution in [0.1, 0.15) is 39.1 Å². The molecular weight excluding hydrogens is 530 g/mol. The van der Waals surface area contributed by atoms with E-state index in [1.807, 2.05) is 19.1 Å². The Morgan fingerprint density at radius 3 is 2.33 bits per heavy atom. The zero-order valence-electron chi connectivity index (χ0n) is 20.0. The van der Waals surface area contributed by atoms with E-state index in [-0.39, 0.29) is 17.2 Å². The summed E-state index contributed by atoms with van der Waals surface area (Å²) in [5, 5.41) is 5.69. The van der Waals surface area contributed by atoms with Crippen LogP contribution in [-0.4, -0.2) is 42.9 Å². The highest BCUT2D eigenvalue weighted by Crippen LogP contribution is 2.29. The first kappa shape index (κ1) is 27.3. The molecule has 36 heavy (non-hydrogen) atoms. The molecule has 0 radical (unpaired) electrons. The fraction of sp³-hybridized carbons (Fsp3) is 0.259. The average molecular weight is 559 g/mol. The summed E-state index contributed by atoms with van der Waals surface area (Å²) in [5.41, 5.74) is 6.90. The summed E-state index contributed by atoms with van der Waals surface area (Å²) in [7, 11) is 0. The van der Waals surface area contributed by atoms with Gasteiger partial charge in [0.15, 0.2) is 11.6 Å². The zero-order valence-corrected chi connectivity index (χ0v) is 21.6. The van der Waals surface area contributed by atoms with Crippen LogP contribution in [0.2, 0.25) is 0 Å². The number of hydrogen-bond donors (Lipinski definition) is 3. The summed E-state index contributed by atoms with van der Waals surface area (Å²) >= 11 is 3.37. The van der Waals surface area contributed by atoms with E-state index < -0.39 is 17.5 Å². The van der Waals surface area contributed by atoms with Crippen molar-refractivity contribution in [3.63, 3.8) is 0 Å². The molecule has 0 aromatic heterocycles. The quantitative estimate of drug-likeness (QED) is 0.362. The van der Waals surface area contributed by atoms with Gasteiger partial charge in [0.05, 0.1) is 11.3 Å². The minimum Gasteiger partial charge on any atom is -0.366 e. The molecule has 4 rings (SSSR count). The SMILES string of the molecule is Cc1cc(Br)ccc1Nc1c(C(=O)NCCN2CCCC2)ccc(F)c1F.NC(=O)c1ccccc1. The summed E-state index contributed by atoms with van der Waals surface area (Å²) in [6.45, 7) is 5.14. The van der Waals surface area contributed by atoms with Crippen LogP contribution in [0, 0.1) is 18.6 Å². The Bertz CT molecular complexity index is 1200. The Morgan fingerprint density at radius 1 is 1.03 bits per heavy atom. The predicted molar refractivity (Wildman–Crippen MR) is 141 cm³/mol. The summed E-state index contributed by atoms with van der Waals surface area (Å²) in [6.07, 6.45) is 2.36. The number of nitrogens with zero attached hydrogens (tertiary/aromatic N) is 1. The third kappa shape index (κ3) is 7.60. The maximum absolute atomic E-state index is 14.5. The van der Waals surface area contributed by atoms with E-state index in [1.165, 1.54) is 18.9 Å². The highest BCUT2D eigenvalue weighted by atomic mass is 79.9. The van der Waals surface area contributed by atoms with Gasteiger partial charge in [-0.1, -0.05) is 34.1 Å². The molecule has 0 spiro atoms. The highest BCUT2D eigenvalue weighted by molar-refractivity contribution is 9.10. The van der Waals surface area contributed by atoms with Crippen LogP contribution >= 0.6 is 15.9 Å². The molecule has 3 aromatic carbocycles. The maximum Gasteiger partial charge on any atom is 0.253 e. The second-order valence-electron chi connectivity index (χ2n) is 8.40. The molecule has 0 atom stereocenters. The van der Waals surface area contributed by atoms with Crippen LogP contribution < -0.4 is 16.4 Å². The third-order valence-electron chi connectivity index (χ3n) is 5.76. The summed E-state index contributed by atoms with van der Waals surface area (Å²) < 4.78 is 29.1. The number of amides is 2. The van der Waals surface area contributed by atoms with Gasteiger partial charge < -0.3 is 21.3 Å². The van der Waals surface area contributed by atoms with Crippen molar-refractivity contribution in [3.8, 4) is 0 Å². The van der Waals surface area contributed by atoms with Gasteiger partial charge in [-0.25, -0.2) is 8.78 Å². The van der Waals surface area contributed by atoms with E-state index in [0.29, 0.717) is 17.8 Å². The van der Waals surface area contributed by atoms with Crippen LogP contribution in [0.5, 0.6) is 0 Å². The Labute approximate surface area is 218 Å². The normalized spacial score (nSPS) is 13.0. The molecule has 4 N–H and O–H groups in total. The molecule has 6 nitrogen and oxygen atoms in total. The van der Waals surface area contributed by atoms with Crippen molar-refractivity contribution in [3.05, 3.63) is 93.5 Å². The number of halogens is 3. The first-order valence-corrected chi connectivity index (χ1v) is 12.4. The van der Waals surface area contributed by atoms with Gasteiger partial charge in [-0.3, -0.25) is 9.59 Å². The first-order valence-electron chi connectivity index (χ1n) is 11.6. The van der Waals surface area contributed by atoms with Gasteiger partial charge in [-0.2, -0.15) is 0 Å². The number of primary amides is 1. The first-order chi connectivity index (χ1) is 17.3. The predicted octanol–water partition coefficient (Wildman–Crippen LogP) is 5.39. The van der Waals surface area contributed by atoms with Crippen LogP contribution in [0.4, 0.5) is 20.2 Å². The number of carbonyl (C=O) groups is 2. The van der Waals surface area contributed by atoms with Crippen LogP contribution in [0.15, 0.2) is 65.1 Å². The van der Waals surface area contributed by atoms with E-state index in [0.717, 1.165) is 35.7 Å². The Kier molecular flexibility index (Phi) is 9.95. The van der Waals surface area contributed by atoms with Crippen molar-refractivity contribution in [2.45, 2.75) is 19.8 Å². The molecule has 0 bridgehead atoms. The topological polar surface area (TPSA) is 87.5 Å². The largest absolute Gasteiger partial charge is 0.366 e. The molecule has 0 saturated carbocycles. The Morgan fingerprint density at radius 2 is 1.72 bits per heavy atom. The average Bonchev–Trinajstić information content (AvgIpc) is 3.38. The zero-order chi connectivity index (χ0) is 26.1. The Hall–Kier alpha value is -3.30. The van der Waals surface area contributed by atoms with E-state index in [9.17, 15) is 18.4 Å². The summed E-state index contributed by atoms with van der Waals surface area (Å²) in [4.78, 5) is 25.3. The number of nitrogens with one attached hydrogen (secondary N) is 2. The van der Waals surface area contributed by atoms with Gasteiger partial charge >= 0.3 is 0 Å². The van der Waals surface area contributed by atoms with E-state index in [1.54, 1.807) is 36.4 Å². The van der Waals surface area contributed by atoms with Gasteiger partial charge in [0.2, 0.25) is 5.91 Å². The number of benzene rings is 3. The molecule has 1 fully saturated rings. The number of likely N-dealkylation sites (tertiary alicyclic amines) is 1. The molecular formula is C27H29BrF2N4O2. The molecule has 9 heteroatoms. The summed E-state index contributed by atoms with van der Waals surface area (Å²) in [6, 6.07) is 16.4. The summed E-state index contributed by atoms with van der Waals surface area (Å²) in [5.74, 6) is -2.87. The lowest BCUT2D eigenvalue weighted by Gasteiger charge is -2.17. The third-order valence-corrected chi connectivity index (χ3v) is 6.25. The minimum absolute atomic E-state index is 0.0811. The standard InChI is InChI=1S/C20H22BrF2N3O.C7H7NO/c1-13-12-14(21)4-7-17(13)25-19-15(5-6-16(22)18(19)23)20(27)24-8-11-26-9-2-3-10-26;8-7(9)6-4-2-1-3-5-6/h4-7,12,25H,2-3,8-11H2,1H3,(H,24,27);1-5H,(H2,8,9). The van der Waals surface area contributed by atoms with Crippen LogP contribution in [0.3, 0.4) is 0 Å². The number of aryl methyl sites for hydroxylation is 1. The van der Waals surface area contributed by atoms with Crippen LogP contribution in [-0.2, 0) is 0 Å². The number of hydrogen-bond acceptors (Lipinski definition) is 4. The number of nitrogens with two attached hydrogens (primary N) is 1. The van der Waals surface area contributed by atoms with Gasteiger partial charge in [-0.15, -0.1) is 0 Å². The molecule has 0 aliphatic carbocycles. The number of carbonyl (C=O) groups excluding carboxylic acids is 2. The van der Waals surface area contributed by atoms with Crippen molar-refractivity contribution >= 4 is 39.1 Å². The fourth-order valence-corrected chi connectivity index (χ4v) is 4.27. The van der Waals surface area contributed by atoms with Gasteiger partial charge in [-0.05, 0) is 80.9 Å². The van der Waals surface area contributed by atoms with E-state index in [4.69, 9.17) is 5.73 Å². The molecule has 2 amide bonds. The molecule has 1 saturated heterocycles. The molecule has 1 heterocycles. The monoisotopic (exact) mass is 558 g/mol. The molecule has 190 valence electrons. The highest BCUT2D eigenvalue weighted by Gasteiger charge is 2.20. The second kappa shape index (κ2) is 13.1. The molecule has 1 aliphatic rings. The van der Waals surface area contributed by atoms with Crippen molar-refractivity contribution in [2.75, 3.05) is 31.5 Å². The van der Waals surface area contributed by atoms with Crippen LogP contribution in [0.25, 0.3) is 0 Å². The van der Waals surface area contributed by atoms with Crippen molar-refractivity contribution < 1.29 is 18.4 Å². The number of anilines is 2. The fourth-order valence-electron chi connectivity index (χ4n) is 3.80. The Balaban J connectivity index is 0.000000338. The van der Waals surface area contributed by atoms with Crippen molar-refractivity contribution in [1.29, 1.82) is 0 Å². The van der Waals surface area contributed by atoms with E-state index >= 15 is 0 Å². The minimum atomic E-state index is -1.07. The van der Waals surface area contributed by atoms with Gasteiger partial charge in [0, 0.05) is 28.8 Å². The maximum atomic E-state index is 14.5. The molecule has 1 aliphatic heterocycles. The molecule has 3 aromatic rings. The smallest absolute Gasteiger partial charge is 0.253 e. The van der Waals surface area contributed by atoms with Gasteiger partial charge in [0.1, 0.15) is 0 Å². The second-order valence-corrected chi connectivity index (χ2v) is 9.32. The molecule has 0 unspecified atom stereocenters. The lowest BCUT2D eigenvalue weighted by Crippen LogP contribution is -2.33. The van der Waals surface area contributed by atoms with E-state index in [2.05, 4.69) is 31.5 Å². The van der Waals surface area contributed by atoms with Crippen molar-refractivity contribution in [1.82, 2.24) is 10.2 Å². The van der Waals surface area contributed by atoms with Crippen molar-refractivity contribution in [2.24, 2.45) is 5.73 Å². The van der Waals surface area contributed by atoms with Gasteiger partial charge in [0.25, 0.3) is 5.91 Å².